The Morgan fingerprint density at radius 1 is 1.12 bits per heavy atom. The number of benzene rings is 2. The SMILES string of the molecule is COc1ccc2cc([C@@H](c3nnnn3Cc3ccccc3)N(C)C3CCCCC3)c(=O)[nH]c2c1. The van der Waals surface area contributed by atoms with Gasteiger partial charge < -0.3 is 9.72 Å². The molecule has 4 aromatic rings. The van der Waals surface area contributed by atoms with Crippen molar-refractivity contribution in [2.75, 3.05) is 14.2 Å². The molecule has 8 heteroatoms. The number of fused-ring (bicyclic) bond motifs is 1. The second-order valence-corrected chi connectivity index (χ2v) is 9.05. The van der Waals surface area contributed by atoms with Gasteiger partial charge in [0, 0.05) is 17.7 Å². The highest BCUT2D eigenvalue weighted by Gasteiger charge is 2.33. The minimum absolute atomic E-state index is 0.136. The molecule has 5 rings (SSSR count). The van der Waals surface area contributed by atoms with Gasteiger partial charge >= 0.3 is 0 Å². The lowest BCUT2D eigenvalue weighted by molar-refractivity contribution is 0.149. The summed E-state index contributed by atoms with van der Waals surface area (Å²) in [7, 11) is 3.72. The summed E-state index contributed by atoms with van der Waals surface area (Å²) in [6.07, 6.45) is 5.88. The van der Waals surface area contributed by atoms with E-state index in [9.17, 15) is 4.79 Å². The third kappa shape index (κ3) is 4.46. The van der Waals surface area contributed by atoms with Gasteiger partial charge in [0.05, 0.1) is 19.2 Å². The third-order valence-corrected chi connectivity index (χ3v) is 6.91. The first-order chi connectivity index (χ1) is 16.6. The van der Waals surface area contributed by atoms with Gasteiger partial charge in [0.1, 0.15) is 11.8 Å². The van der Waals surface area contributed by atoms with Crippen LogP contribution in [0.3, 0.4) is 0 Å². The summed E-state index contributed by atoms with van der Waals surface area (Å²) in [6, 6.07) is 17.8. The van der Waals surface area contributed by atoms with Crippen LogP contribution in [0, 0.1) is 0 Å². The van der Waals surface area contributed by atoms with E-state index in [2.05, 4.69) is 44.6 Å². The van der Waals surface area contributed by atoms with Crippen molar-refractivity contribution < 1.29 is 4.74 Å². The van der Waals surface area contributed by atoms with Gasteiger partial charge in [0.2, 0.25) is 0 Å². The molecule has 0 spiro atoms. The number of ether oxygens (including phenoxy) is 1. The van der Waals surface area contributed by atoms with E-state index in [1.165, 1.54) is 19.3 Å². The zero-order chi connectivity index (χ0) is 23.5. The Balaban J connectivity index is 1.61. The van der Waals surface area contributed by atoms with Crippen LogP contribution in [0.25, 0.3) is 10.9 Å². The van der Waals surface area contributed by atoms with E-state index in [1.807, 2.05) is 47.1 Å². The van der Waals surface area contributed by atoms with Crippen molar-refractivity contribution in [2.45, 2.75) is 50.7 Å². The molecular weight excluding hydrogens is 428 g/mol. The number of hydrogen-bond donors (Lipinski definition) is 1. The largest absolute Gasteiger partial charge is 0.497 e. The van der Waals surface area contributed by atoms with E-state index >= 15 is 0 Å². The maximum absolute atomic E-state index is 13.4. The first-order valence-corrected chi connectivity index (χ1v) is 11.9. The Morgan fingerprint density at radius 2 is 1.91 bits per heavy atom. The molecule has 0 unspecified atom stereocenters. The number of aromatic nitrogens is 5. The second kappa shape index (κ2) is 9.77. The molecule has 2 aromatic carbocycles. The van der Waals surface area contributed by atoms with E-state index in [1.54, 1.807) is 7.11 Å². The maximum Gasteiger partial charge on any atom is 0.253 e. The first-order valence-electron chi connectivity index (χ1n) is 11.9. The van der Waals surface area contributed by atoms with Gasteiger partial charge in [-0.25, -0.2) is 4.68 Å². The van der Waals surface area contributed by atoms with Crippen LogP contribution < -0.4 is 10.3 Å². The zero-order valence-electron chi connectivity index (χ0n) is 19.6. The van der Waals surface area contributed by atoms with Crippen LogP contribution in [0.5, 0.6) is 5.75 Å². The molecule has 2 aromatic heterocycles. The molecule has 0 bridgehead atoms. The highest BCUT2D eigenvalue weighted by molar-refractivity contribution is 5.80. The summed E-state index contributed by atoms with van der Waals surface area (Å²) in [5.41, 5.74) is 2.36. The number of methoxy groups -OCH3 is 1. The number of rotatable bonds is 7. The highest BCUT2D eigenvalue weighted by atomic mass is 16.5. The van der Waals surface area contributed by atoms with E-state index in [4.69, 9.17) is 4.74 Å². The average Bonchev–Trinajstić information content (AvgIpc) is 3.32. The van der Waals surface area contributed by atoms with Crippen LogP contribution in [0.2, 0.25) is 0 Å². The van der Waals surface area contributed by atoms with Crippen LogP contribution in [0.4, 0.5) is 0 Å². The number of H-pyrrole nitrogens is 1. The van der Waals surface area contributed by atoms with Crippen LogP contribution in [0.1, 0.15) is 55.1 Å². The molecule has 1 N–H and O–H groups in total. The summed E-state index contributed by atoms with van der Waals surface area (Å²) in [6.45, 7) is 0.543. The first kappa shape index (κ1) is 22.3. The predicted molar refractivity (Wildman–Crippen MR) is 131 cm³/mol. The van der Waals surface area contributed by atoms with Crippen LogP contribution >= 0.6 is 0 Å². The standard InChI is InChI=1S/C26H30N6O2/c1-31(20-11-7-4-8-12-20)24(25-28-29-30-32(25)17-18-9-5-3-6-10-18)22-15-19-13-14-21(34-2)16-23(19)27-26(22)33/h3,5-6,9-10,13-16,20,24H,4,7-8,11-12,17H2,1-2H3,(H,27,33)/t24-/m0/s1. The number of tetrazole rings is 1. The Kier molecular flexibility index (Phi) is 6.40. The molecule has 34 heavy (non-hydrogen) atoms. The summed E-state index contributed by atoms with van der Waals surface area (Å²) in [5.74, 6) is 1.38. The minimum Gasteiger partial charge on any atom is -0.497 e. The van der Waals surface area contributed by atoms with Crippen LogP contribution in [-0.2, 0) is 6.54 Å². The molecule has 176 valence electrons. The Bertz CT molecular complexity index is 1310. The maximum atomic E-state index is 13.4. The van der Waals surface area contributed by atoms with Crippen molar-refractivity contribution in [3.63, 3.8) is 0 Å². The van der Waals surface area contributed by atoms with Crippen LogP contribution in [0.15, 0.2) is 59.4 Å². The topological polar surface area (TPSA) is 88.9 Å². The average molecular weight is 459 g/mol. The van der Waals surface area contributed by atoms with Crippen molar-refractivity contribution >= 4 is 10.9 Å². The van der Waals surface area contributed by atoms with Gasteiger partial charge in [0.15, 0.2) is 5.82 Å². The molecule has 0 amide bonds. The smallest absolute Gasteiger partial charge is 0.253 e. The fourth-order valence-corrected chi connectivity index (χ4v) is 5.04. The van der Waals surface area contributed by atoms with Crippen molar-refractivity contribution in [1.29, 1.82) is 0 Å². The summed E-state index contributed by atoms with van der Waals surface area (Å²) < 4.78 is 7.14. The van der Waals surface area contributed by atoms with E-state index in [-0.39, 0.29) is 11.6 Å². The van der Waals surface area contributed by atoms with Crippen LogP contribution in [-0.4, -0.2) is 50.3 Å². The summed E-state index contributed by atoms with van der Waals surface area (Å²) >= 11 is 0. The van der Waals surface area contributed by atoms with Crippen molar-refractivity contribution in [2.24, 2.45) is 0 Å². The number of aromatic amines is 1. The van der Waals surface area contributed by atoms with E-state index in [0.717, 1.165) is 29.3 Å². The molecule has 8 nitrogen and oxygen atoms in total. The Morgan fingerprint density at radius 3 is 2.68 bits per heavy atom. The predicted octanol–water partition coefficient (Wildman–Crippen LogP) is 3.93. The van der Waals surface area contributed by atoms with Gasteiger partial charge in [-0.05, 0) is 59.5 Å². The van der Waals surface area contributed by atoms with Gasteiger partial charge in [-0.3, -0.25) is 9.69 Å². The number of nitrogens with zero attached hydrogens (tertiary/aromatic N) is 5. The Hall–Kier alpha value is -3.52. The minimum atomic E-state index is -0.364. The third-order valence-electron chi connectivity index (χ3n) is 6.91. The number of pyridine rings is 1. The lowest BCUT2D eigenvalue weighted by atomic mass is 9.92. The highest BCUT2D eigenvalue weighted by Crippen LogP contribution is 2.32. The quantitative estimate of drug-likeness (QED) is 0.451. The molecule has 1 fully saturated rings. The fourth-order valence-electron chi connectivity index (χ4n) is 5.04. The normalized spacial score (nSPS) is 15.6. The molecule has 1 atom stereocenters. The van der Waals surface area contributed by atoms with Gasteiger partial charge in [-0.2, -0.15) is 0 Å². The molecule has 1 aliphatic rings. The summed E-state index contributed by atoms with van der Waals surface area (Å²) in [5, 5.41) is 13.7. The second-order valence-electron chi connectivity index (χ2n) is 9.05. The lowest BCUT2D eigenvalue weighted by Gasteiger charge is -2.36. The van der Waals surface area contributed by atoms with E-state index in [0.29, 0.717) is 29.7 Å². The van der Waals surface area contributed by atoms with Crippen molar-refractivity contribution in [1.82, 2.24) is 30.1 Å². The van der Waals surface area contributed by atoms with Gasteiger partial charge in [0.25, 0.3) is 5.56 Å². The number of hydrogen-bond acceptors (Lipinski definition) is 6. The molecule has 0 saturated heterocycles. The Labute approximate surface area is 198 Å². The summed E-state index contributed by atoms with van der Waals surface area (Å²) in [4.78, 5) is 18.8. The van der Waals surface area contributed by atoms with E-state index < -0.39 is 0 Å². The molecule has 0 radical (unpaired) electrons. The van der Waals surface area contributed by atoms with Crippen molar-refractivity contribution in [3.05, 3.63) is 81.9 Å². The van der Waals surface area contributed by atoms with Gasteiger partial charge in [-0.1, -0.05) is 49.6 Å². The monoisotopic (exact) mass is 458 g/mol. The zero-order valence-corrected chi connectivity index (χ0v) is 19.6. The molecule has 2 heterocycles. The molecule has 0 aliphatic heterocycles. The van der Waals surface area contributed by atoms with Gasteiger partial charge in [-0.15, -0.1) is 5.10 Å². The molecule has 1 saturated carbocycles. The molecule has 1 aliphatic carbocycles. The fraction of sp³-hybridized carbons (Fsp3) is 0.385. The van der Waals surface area contributed by atoms with Crippen molar-refractivity contribution in [3.8, 4) is 5.75 Å². The lowest BCUT2D eigenvalue weighted by Crippen LogP contribution is -2.40. The molecular formula is C26H30N6O2. The number of nitrogens with one attached hydrogen (secondary N) is 1.